The summed E-state index contributed by atoms with van der Waals surface area (Å²) in [6, 6.07) is 0.380. The Bertz CT molecular complexity index is 224. The van der Waals surface area contributed by atoms with Crippen LogP contribution in [0.3, 0.4) is 0 Å². The van der Waals surface area contributed by atoms with E-state index in [1.807, 2.05) is 0 Å². The summed E-state index contributed by atoms with van der Waals surface area (Å²) in [6.45, 7) is 6.54. The van der Waals surface area contributed by atoms with Crippen LogP contribution in [0.25, 0.3) is 0 Å². The molecule has 0 aliphatic heterocycles. The van der Waals surface area contributed by atoms with Crippen molar-refractivity contribution in [3.8, 4) is 0 Å². The van der Waals surface area contributed by atoms with Crippen LogP contribution in [0.15, 0.2) is 0 Å². The highest BCUT2D eigenvalue weighted by Crippen LogP contribution is 2.12. The fourth-order valence-corrected chi connectivity index (χ4v) is 2.74. The molecule has 2 nitrogen and oxygen atoms in total. The maximum absolute atomic E-state index is 11.7. The van der Waals surface area contributed by atoms with Gasteiger partial charge < -0.3 is 5.32 Å². The molecule has 0 fully saturated rings. The summed E-state index contributed by atoms with van der Waals surface area (Å²) in [5.74, 6) is 0.250. The molecule has 0 radical (unpaired) electrons. The van der Waals surface area contributed by atoms with Crippen LogP contribution in [0.1, 0.15) is 111 Å². The summed E-state index contributed by atoms with van der Waals surface area (Å²) in [5.41, 5.74) is 0. The van der Waals surface area contributed by atoms with Crippen LogP contribution in [0.4, 0.5) is 0 Å². The van der Waals surface area contributed by atoms with E-state index in [2.05, 4.69) is 26.1 Å². The second kappa shape index (κ2) is 15.9. The number of carbonyl (C=O) groups is 1. The molecule has 0 aromatic carbocycles. The Balaban J connectivity index is 3.23. The Morgan fingerprint density at radius 2 is 1.14 bits per heavy atom. The van der Waals surface area contributed by atoms with Gasteiger partial charge in [-0.15, -0.1) is 0 Å². The number of carbonyl (C=O) groups excluding carboxylic acids is 1. The lowest BCUT2D eigenvalue weighted by Gasteiger charge is -2.14. The molecule has 0 spiro atoms. The van der Waals surface area contributed by atoms with Crippen molar-refractivity contribution in [1.82, 2.24) is 5.32 Å². The summed E-state index contributed by atoms with van der Waals surface area (Å²) in [5, 5.41) is 3.11. The lowest BCUT2D eigenvalue weighted by atomic mass is 10.1. The number of unbranched alkanes of at least 4 members (excludes halogenated alkanes) is 10. The summed E-state index contributed by atoms with van der Waals surface area (Å²) in [6.07, 6.45) is 17.5. The number of amides is 1. The van der Waals surface area contributed by atoms with Gasteiger partial charge in [0.25, 0.3) is 0 Å². The second-order valence-electron chi connectivity index (χ2n) is 6.37. The molecule has 0 rings (SSSR count). The van der Waals surface area contributed by atoms with Gasteiger partial charge in [-0.1, -0.05) is 85.0 Å². The normalized spacial score (nSPS) is 11.0. The first-order chi connectivity index (χ1) is 10.2. The van der Waals surface area contributed by atoms with Gasteiger partial charge in [-0.05, 0) is 19.3 Å². The van der Waals surface area contributed by atoms with Gasteiger partial charge >= 0.3 is 0 Å². The summed E-state index contributed by atoms with van der Waals surface area (Å²) in [4.78, 5) is 11.7. The first-order valence-corrected chi connectivity index (χ1v) is 9.53. The fourth-order valence-electron chi connectivity index (χ4n) is 2.74. The maximum Gasteiger partial charge on any atom is 0.220 e. The number of rotatable bonds is 15. The van der Waals surface area contributed by atoms with E-state index < -0.39 is 0 Å². The van der Waals surface area contributed by atoms with Crippen LogP contribution in [-0.2, 0) is 4.79 Å². The standard InChI is InChI=1S/C19H39NO/c1-4-7-8-9-10-11-12-13-14-15-16-17-19(21)20-18(5-2)6-3/h18H,4-17H2,1-3H3,(H,20,21). The van der Waals surface area contributed by atoms with Crippen LogP contribution < -0.4 is 5.32 Å². The summed E-state index contributed by atoms with van der Waals surface area (Å²) >= 11 is 0. The molecule has 21 heavy (non-hydrogen) atoms. The quantitative estimate of drug-likeness (QED) is 0.369. The minimum absolute atomic E-state index is 0.250. The zero-order valence-corrected chi connectivity index (χ0v) is 14.9. The van der Waals surface area contributed by atoms with Crippen LogP contribution in [0.2, 0.25) is 0 Å². The molecule has 0 atom stereocenters. The van der Waals surface area contributed by atoms with E-state index in [1.54, 1.807) is 0 Å². The number of nitrogens with one attached hydrogen (secondary N) is 1. The van der Waals surface area contributed by atoms with E-state index >= 15 is 0 Å². The third-order valence-corrected chi connectivity index (χ3v) is 4.36. The van der Waals surface area contributed by atoms with E-state index in [0.717, 1.165) is 19.3 Å². The molecule has 2 heteroatoms. The SMILES string of the molecule is CCCCCCCCCCCCCC(=O)NC(CC)CC. The second-order valence-corrected chi connectivity index (χ2v) is 6.37. The molecular formula is C19H39NO. The molecule has 0 bridgehead atoms. The minimum atomic E-state index is 0.250. The molecule has 0 aromatic heterocycles. The van der Waals surface area contributed by atoms with Gasteiger partial charge in [0, 0.05) is 12.5 Å². The average Bonchev–Trinajstić information content (AvgIpc) is 2.50. The Kier molecular flexibility index (Phi) is 15.5. The molecule has 126 valence electrons. The van der Waals surface area contributed by atoms with Gasteiger partial charge in [0.15, 0.2) is 0 Å². The van der Waals surface area contributed by atoms with Crippen LogP contribution in [0, 0.1) is 0 Å². The highest BCUT2D eigenvalue weighted by molar-refractivity contribution is 5.76. The van der Waals surface area contributed by atoms with Crippen molar-refractivity contribution >= 4 is 5.91 Å². The molecule has 1 N–H and O–H groups in total. The molecule has 0 aliphatic carbocycles. The molecular weight excluding hydrogens is 258 g/mol. The van der Waals surface area contributed by atoms with Crippen molar-refractivity contribution in [3.63, 3.8) is 0 Å². The van der Waals surface area contributed by atoms with Gasteiger partial charge in [-0.3, -0.25) is 4.79 Å². The molecule has 0 heterocycles. The van der Waals surface area contributed by atoms with E-state index in [4.69, 9.17) is 0 Å². The van der Waals surface area contributed by atoms with Crippen LogP contribution in [-0.4, -0.2) is 11.9 Å². The Hall–Kier alpha value is -0.530. The minimum Gasteiger partial charge on any atom is -0.353 e. The topological polar surface area (TPSA) is 29.1 Å². The molecule has 0 aromatic rings. The molecule has 1 amide bonds. The van der Waals surface area contributed by atoms with E-state index in [9.17, 15) is 4.79 Å². The predicted octanol–water partition coefficient (Wildman–Crippen LogP) is 5.99. The lowest BCUT2D eigenvalue weighted by molar-refractivity contribution is -0.121. The van der Waals surface area contributed by atoms with Gasteiger partial charge in [-0.2, -0.15) is 0 Å². The molecule has 0 saturated carbocycles. The zero-order chi connectivity index (χ0) is 15.8. The third-order valence-electron chi connectivity index (χ3n) is 4.36. The van der Waals surface area contributed by atoms with Gasteiger partial charge in [0.1, 0.15) is 0 Å². The van der Waals surface area contributed by atoms with Crippen LogP contribution >= 0.6 is 0 Å². The van der Waals surface area contributed by atoms with Crippen molar-refractivity contribution < 1.29 is 4.79 Å². The summed E-state index contributed by atoms with van der Waals surface area (Å²) < 4.78 is 0. The van der Waals surface area contributed by atoms with E-state index in [0.29, 0.717) is 12.5 Å². The Morgan fingerprint density at radius 3 is 1.57 bits per heavy atom. The van der Waals surface area contributed by atoms with Crippen molar-refractivity contribution in [2.45, 2.75) is 117 Å². The highest BCUT2D eigenvalue weighted by Gasteiger charge is 2.07. The fraction of sp³-hybridized carbons (Fsp3) is 0.947. The number of hydrogen-bond donors (Lipinski definition) is 1. The lowest BCUT2D eigenvalue weighted by Crippen LogP contribution is -2.33. The Morgan fingerprint density at radius 1 is 0.714 bits per heavy atom. The van der Waals surface area contributed by atoms with Crippen LogP contribution in [0.5, 0.6) is 0 Å². The molecule has 0 aliphatic rings. The predicted molar refractivity (Wildman–Crippen MR) is 93.6 cm³/mol. The molecule has 0 unspecified atom stereocenters. The highest BCUT2D eigenvalue weighted by atomic mass is 16.1. The van der Waals surface area contributed by atoms with E-state index in [-0.39, 0.29) is 5.91 Å². The van der Waals surface area contributed by atoms with Crippen molar-refractivity contribution in [3.05, 3.63) is 0 Å². The number of hydrogen-bond acceptors (Lipinski definition) is 1. The largest absolute Gasteiger partial charge is 0.353 e. The van der Waals surface area contributed by atoms with Crippen molar-refractivity contribution in [1.29, 1.82) is 0 Å². The first-order valence-electron chi connectivity index (χ1n) is 9.53. The van der Waals surface area contributed by atoms with E-state index in [1.165, 1.54) is 64.2 Å². The third kappa shape index (κ3) is 14.2. The summed E-state index contributed by atoms with van der Waals surface area (Å²) in [7, 11) is 0. The zero-order valence-electron chi connectivity index (χ0n) is 14.9. The van der Waals surface area contributed by atoms with Gasteiger partial charge in [-0.25, -0.2) is 0 Å². The smallest absolute Gasteiger partial charge is 0.220 e. The van der Waals surface area contributed by atoms with Gasteiger partial charge in [0.2, 0.25) is 5.91 Å². The van der Waals surface area contributed by atoms with Crippen molar-refractivity contribution in [2.75, 3.05) is 0 Å². The average molecular weight is 298 g/mol. The Labute approximate surface area is 133 Å². The molecule has 0 saturated heterocycles. The van der Waals surface area contributed by atoms with Crippen molar-refractivity contribution in [2.24, 2.45) is 0 Å². The monoisotopic (exact) mass is 297 g/mol. The first kappa shape index (κ1) is 20.5. The maximum atomic E-state index is 11.7. The van der Waals surface area contributed by atoms with Gasteiger partial charge in [0.05, 0.1) is 0 Å².